The first-order valence-electron chi connectivity index (χ1n) is 7.34. The number of aromatic nitrogens is 3. The molecule has 3 heterocycles. The van der Waals surface area contributed by atoms with Crippen molar-refractivity contribution in [3.63, 3.8) is 0 Å². The van der Waals surface area contributed by atoms with Gasteiger partial charge >= 0.3 is 0 Å². The van der Waals surface area contributed by atoms with E-state index in [1.165, 1.54) is 0 Å². The number of hydrogen-bond acceptors (Lipinski definition) is 6. The molecule has 0 saturated heterocycles. The van der Waals surface area contributed by atoms with Crippen LogP contribution < -0.4 is 5.32 Å². The maximum Gasteiger partial charge on any atom is 0.286 e. The zero-order valence-corrected chi connectivity index (χ0v) is 13.4. The van der Waals surface area contributed by atoms with Gasteiger partial charge in [0.1, 0.15) is 22.4 Å². The van der Waals surface area contributed by atoms with Gasteiger partial charge in [0.15, 0.2) is 0 Å². The normalized spacial score (nSPS) is 19.4. The van der Waals surface area contributed by atoms with E-state index in [-0.39, 0.29) is 4.90 Å². The summed E-state index contributed by atoms with van der Waals surface area (Å²) in [7, 11) is -3.63. The van der Waals surface area contributed by atoms with Crippen molar-refractivity contribution in [2.45, 2.75) is 24.9 Å². The molecule has 4 rings (SSSR count). The van der Waals surface area contributed by atoms with E-state index < -0.39 is 10.0 Å². The van der Waals surface area contributed by atoms with E-state index in [4.69, 9.17) is 0 Å². The van der Waals surface area contributed by atoms with Crippen molar-refractivity contribution in [3.8, 4) is 0 Å². The van der Waals surface area contributed by atoms with E-state index in [0.717, 1.165) is 24.7 Å². The molecule has 1 aromatic carbocycles. The van der Waals surface area contributed by atoms with Crippen LogP contribution in [0.4, 0.5) is 5.69 Å². The molecule has 0 radical (unpaired) electrons. The van der Waals surface area contributed by atoms with Gasteiger partial charge in [0.25, 0.3) is 10.0 Å². The molecular weight excluding hydrogens is 316 g/mol. The SMILES string of the molecule is Cc1nnc2n1CCN(CC1=NS(=O)(=O)c3ccccc3N1)C2. The minimum Gasteiger partial charge on any atom is -0.341 e. The van der Waals surface area contributed by atoms with Crippen LogP contribution in [-0.2, 0) is 23.1 Å². The average Bonchev–Trinajstić information content (AvgIpc) is 2.87. The maximum absolute atomic E-state index is 12.3. The van der Waals surface area contributed by atoms with Crippen molar-refractivity contribution in [1.82, 2.24) is 19.7 Å². The Morgan fingerprint density at radius 1 is 1.22 bits per heavy atom. The molecule has 0 fully saturated rings. The highest BCUT2D eigenvalue weighted by molar-refractivity contribution is 7.90. The molecule has 1 aromatic heterocycles. The minimum absolute atomic E-state index is 0.220. The molecule has 0 amide bonds. The summed E-state index contributed by atoms with van der Waals surface area (Å²) < 4.78 is 30.5. The number of fused-ring (bicyclic) bond motifs is 2. The maximum atomic E-state index is 12.3. The van der Waals surface area contributed by atoms with Gasteiger partial charge in [-0.3, -0.25) is 4.90 Å². The summed E-state index contributed by atoms with van der Waals surface area (Å²) in [5.74, 6) is 2.24. The van der Waals surface area contributed by atoms with E-state index in [9.17, 15) is 8.42 Å². The highest BCUT2D eigenvalue weighted by atomic mass is 32.2. The van der Waals surface area contributed by atoms with Crippen molar-refractivity contribution in [3.05, 3.63) is 35.9 Å². The number of amidine groups is 1. The molecular formula is C14H16N6O2S. The Kier molecular flexibility index (Phi) is 3.20. The van der Waals surface area contributed by atoms with Crippen molar-refractivity contribution in [2.24, 2.45) is 4.40 Å². The Hall–Kier alpha value is -2.26. The number of aryl methyl sites for hydroxylation is 1. The highest BCUT2D eigenvalue weighted by Gasteiger charge is 2.27. The summed E-state index contributed by atoms with van der Waals surface area (Å²) in [5, 5.41) is 11.3. The minimum atomic E-state index is -3.63. The second-order valence-corrected chi connectivity index (χ2v) is 7.23. The van der Waals surface area contributed by atoms with Crippen molar-refractivity contribution in [2.75, 3.05) is 18.4 Å². The van der Waals surface area contributed by atoms with Crippen molar-refractivity contribution < 1.29 is 8.42 Å². The number of benzene rings is 1. The fourth-order valence-corrected chi connectivity index (χ4v) is 4.08. The van der Waals surface area contributed by atoms with Gasteiger partial charge in [0.05, 0.1) is 18.8 Å². The zero-order valence-electron chi connectivity index (χ0n) is 12.6. The van der Waals surface area contributed by atoms with Crippen LogP contribution in [-0.4, -0.2) is 47.0 Å². The number of nitrogens with one attached hydrogen (secondary N) is 1. The summed E-state index contributed by atoms with van der Waals surface area (Å²) >= 11 is 0. The summed E-state index contributed by atoms with van der Waals surface area (Å²) in [4.78, 5) is 2.33. The first-order valence-corrected chi connectivity index (χ1v) is 8.78. The molecule has 2 aliphatic heterocycles. The van der Waals surface area contributed by atoms with Gasteiger partial charge in [0.2, 0.25) is 0 Å². The summed E-state index contributed by atoms with van der Waals surface area (Å²) in [6.45, 7) is 4.59. The Morgan fingerprint density at radius 3 is 2.91 bits per heavy atom. The van der Waals surface area contributed by atoms with E-state index in [1.54, 1.807) is 24.3 Å². The molecule has 23 heavy (non-hydrogen) atoms. The predicted octanol–water partition coefficient (Wildman–Crippen LogP) is 0.615. The lowest BCUT2D eigenvalue weighted by Gasteiger charge is -2.29. The van der Waals surface area contributed by atoms with Gasteiger partial charge in [0, 0.05) is 13.1 Å². The van der Waals surface area contributed by atoms with E-state index >= 15 is 0 Å². The van der Waals surface area contributed by atoms with E-state index in [1.807, 2.05) is 6.92 Å². The lowest BCUT2D eigenvalue weighted by molar-refractivity contribution is 0.244. The molecule has 8 nitrogen and oxygen atoms in total. The van der Waals surface area contributed by atoms with Crippen molar-refractivity contribution >= 4 is 21.5 Å². The number of hydrogen-bond donors (Lipinski definition) is 1. The van der Waals surface area contributed by atoms with Crippen LogP contribution in [0.3, 0.4) is 0 Å². The van der Waals surface area contributed by atoms with Crippen LogP contribution in [0.5, 0.6) is 0 Å². The quantitative estimate of drug-likeness (QED) is 0.866. The Balaban J connectivity index is 1.56. The zero-order chi connectivity index (χ0) is 16.0. The van der Waals surface area contributed by atoms with Crippen LogP contribution in [0.15, 0.2) is 33.6 Å². The number of anilines is 1. The number of para-hydroxylation sites is 1. The van der Waals surface area contributed by atoms with Crippen LogP contribution in [0.2, 0.25) is 0 Å². The van der Waals surface area contributed by atoms with Gasteiger partial charge in [-0.15, -0.1) is 14.6 Å². The summed E-state index contributed by atoms with van der Waals surface area (Å²) in [6.07, 6.45) is 0. The second-order valence-electron chi connectivity index (χ2n) is 5.66. The van der Waals surface area contributed by atoms with Crippen LogP contribution in [0, 0.1) is 6.92 Å². The monoisotopic (exact) mass is 332 g/mol. The predicted molar refractivity (Wildman–Crippen MR) is 84.7 cm³/mol. The first-order chi connectivity index (χ1) is 11.0. The van der Waals surface area contributed by atoms with Gasteiger partial charge < -0.3 is 9.88 Å². The standard InChI is InChI=1S/C14H16N6O2S/c1-10-16-17-14-9-19(6-7-20(10)14)8-13-15-11-4-2-3-5-12(11)23(21,22)18-13/h2-5H,6-9H2,1H3,(H,15,18). The van der Waals surface area contributed by atoms with E-state index in [2.05, 4.69) is 29.4 Å². The highest BCUT2D eigenvalue weighted by Crippen LogP contribution is 2.26. The third-order valence-electron chi connectivity index (χ3n) is 4.06. The Morgan fingerprint density at radius 2 is 2.04 bits per heavy atom. The third-order valence-corrected chi connectivity index (χ3v) is 5.44. The second kappa shape index (κ2) is 5.14. The molecule has 1 N–H and O–H groups in total. The largest absolute Gasteiger partial charge is 0.341 e. The topological polar surface area (TPSA) is 92.5 Å². The molecule has 0 bridgehead atoms. The molecule has 0 atom stereocenters. The lowest BCUT2D eigenvalue weighted by atomic mass is 10.3. The fraction of sp³-hybridized carbons (Fsp3) is 0.357. The molecule has 120 valence electrons. The van der Waals surface area contributed by atoms with Crippen molar-refractivity contribution in [1.29, 1.82) is 0 Å². The Bertz CT molecular complexity index is 902. The molecule has 0 spiro atoms. The van der Waals surface area contributed by atoms with Gasteiger partial charge in [-0.05, 0) is 19.1 Å². The third kappa shape index (κ3) is 2.51. The number of rotatable bonds is 2. The van der Waals surface area contributed by atoms with Crippen LogP contribution in [0.1, 0.15) is 11.6 Å². The summed E-state index contributed by atoms with van der Waals surface area (Å²) in [6, 6.07) is 6.80. The van der Waals surface area contributed by atoms with E-state index in [0.29, 0.717) is 24.6 Å². The molecule has 9 heteroatoms. The molecule has 2 aliphatic rings. The molecule has 2 aromatic rings. The lowest BCUT2D eigenvalue weighted by Crippen LogP contribution is -2.40. The molecule has 0 unspecified atom stereocenters. The summed E-state index contributed by atoms with van der Waals surface area (Å²) in [5.41, 5.74) is 0.577. The van der Waals surface area contributed by atoms with Crippen LogP contribution >= 0.6 is 0 Å². The number of sulfonamides is 1. The number of nitrogens with zero attached hydrogens (tertiary/aromatic N) is 5. The van der Waals surface area contributed by atoms with Gasteiger partial charge in [-0.1, -0.05) is 12.1 Å². The van der Waals surface area contributed by atoms with Crippen LogP contribution in [0.25, 0.3) is 0 Å². The smallest absolute Gasteiger partial charge is 0.286 e. The molecule has 0 aliphatic carbocycles. The Labute approximate surface area is 133 Å². The fourth-order valence-electron chi connectivity index (χ4n) is 2.94. The first kappa shape index (κ1) is 14.3. The molecule has 0 saturated carbocycles. The van der Waals surface area contributed by atoms with Gasteiger partial charge in [-0.2, -0.15) is 8.42 Å². The van der Waals surface area contributed by atoms with Gasteiger partial charge in [-0.25, -0.2) is 0 Å². The average molecular weight is 332 g/mol.